The molecule has 0 aliphatic carbocycles. The Morgan fingerprint density at radius 2 is 0.607 bits per heavy atom. The summed E-state index contributed by atoms with van der Waals surface area (Å²) < 4.78 is 2.49. The highest BCUT2D eigenvalue weighted by molar-refractivity contribution is 6.73. The molecule has 1 aromatic heterocycles. The van der Waals surface area contributed by atoms with E-state index in [0.29, 0.717) is 0 Å². The van der Waals surface area contributed by atoms with Gasteiger partial charge in [0.25, 0.3) is 0 Å². The summed E-state index contributed by atoms with van der Waals surface area (Å²) in [7, 11) is -0.641. The average Bonchev–Trinajstić information content (AvgIpc) is 3.81. The lowest BCUT2D eigenvalue weighted by atomic mass is 9.97. The van der Waals surface area contributed by atoms with Crippen molar-refractivity contribution in [2.24, 2.45) is 0 Å². The molecule has 0 unspecified atom stereocenters. The summed E-state index contributed by atoms with van der Waals surface area (Å²) in [4.78, 5) is 0. The van der Waals surface area contributed by atoms with Gasteiger partial charge in [0, 0.05) is 16.5 Å². The van der Waals surface area contributed by atoms with E-state index < -0.39 is 9.52 Å². The summed E-state index contributed by atoms with van der Waals surface area (Å²) >= 11 is 0. The molecule has 0 N–H and O–H groups in total. The van der Waals surface area contributed by atoms with E-state index in [1.807, 2.05) is 0 Å². The van der Waals surface area contributed by atoms with E-state index in [-0.39, 0.29) is 0 Å². The van der Waals surface area contributed by atoms with Gasteiger partial charge in [0.05, 0.1) is 20.6 Å². The fourth-order valence-corrected chi connectivity index (χ4v) is 10.8. The fourth-order valence-electron chi connectivity index (χ4n) is 8.78. The third-order valence-electron chi connectivity index (χ3n) is 11.6. The first-order valence-electron chi connectivity index (χ1n) is 19.5. The van der Waals surface area contributed by atoms with Gasteiger partial charge in [-0.15, -0.1) is 0 Å². The van der Waals surface area contributed by atoms with Crippen LogP contribution in [0.25, 0.3) is 94.3 Å². The highest BCUT2D eigenvalue weighted by atomic mass is 28.2. The van der Waals surface area contributed by atoms with E-state index in [2.05, 4.69) is 217 Å². The number of rotatable bonds is 6. The standard InChI is InChI=1S/C54H37NSi/c1-4-10-36(11-5-1)39-16-20-41(21-17-39)43-25-30-51-49(32-43)50-33-44(42-22-18-40(19-23-42)37-12-6-2-7-13-37)26-31-52(50)55(51)46-27-29-48-47-28-24-45(38-14-8-3-9-15-38)34-53(47)56-54(48)35-46/h1-35H,56H2. The van der Waals surface area contributed by atoms with Crippen LogP contribution < -0.4 is 10.4 Å². The van der Waals surface area contributed by atoms with Gasteiger partial charge in [-0.25, -0.2) is 0 Å². The molecule has 10 aromatic rings. The van der Waals surface area contributed by atoms with Crippen LogP contribution in [0.5, 0.6) is 0 Å². The molecule has 2 heteroatoms. The third-order valence-corrected chi connectivity index (χ3v) is 13.6. The van der Waals surface area contributed by atoms with Gasteiger partial charge in [-0.3, -0.25) is 0 Å². The first-order chi connectivity index (χ1) is 27.7. The zero-order valence-corrected chi connectivity index (χ0v) is 32.3. The van der Waals surface area contributed by atoms with Crippen molar-refractivity contribution in [3.05, 3.63) is 212 Å². The van der Waals surface area contributed by atoms with Gasteiger partial charge in [0.1, 0.15) is 0 Å². The second-order valence-electron chi connectivity index (χ2n) is 14.9. The van der Waals surface area contributed by atoms with E-state index in [1.54, 1.807) is 0 Å². The number of fused-ring (bicyclic) bond motifs is 6. The summed E-state index contributed by atoms with van der Waals surface area (Å²) in [6.45, 7) is 0. The first kappa shape index (κ1) is 32.4. The molecule has 56 heavy (non-hydrogen) atoms. The molecule has 1 aliphatic heterocycles. The molecule has 9 aromatic carbocycles. The van der Waals surface area contributed by atoms with Gasteiger partial charge in [-0.05, 0) is 103 Å². The van der Waals surface area contributed by atoms with Crippen LogP contribution in [0, 0.1) is 0 Å². The molecular formula is C54H37NSi. The molecule has 0 spiro atoms. The second-order valence-corrected chi connectivity index (χ2v) is 16.8. The maximum absolute atomic E-state index is 2.49. The summed E-state index contributed by atoms with van der Waals surface area (Å²) in [6.07, 6.45) is 0. The van der Waals surface area contributed by atoms with Crippen LogP contribution in [0.15, 0.2) is 212 Å². The van der Waals surface area contributed by atoms with Crippen LogP contribution >= 0.6 is 0 Å². The summed E-state index contributed by atoms with van der Waals surface area (Å²) in [5.41, 5.74) is 18.9. The Kier molecular flexibility index (Phi) is 7.75. The minimum atomic E-state index is -0.641. The second kappa shape index (κ2) is 13.4. The molecule has 0 amide bonds. The molecule has 2 heterocycles. The number of benzene rings is 9. The maximum atomic E-state index is 2.49. The SMILES string of the molecule is c1ccc(-c2ccc(-c3ccc4c(c3)c3cc(-c5ccc(-c6ccccc6)cc5)ccc3n4-c3ccc4c(c3)[SiH2]c3cc(-c5ccccc5)ccc3-4)cc2)cc1. The largest absolute Gasteiger partial charge is 0.309 e. The van der Waals surface area contributed by atoms with Gasteiger partial charge in [0.15, 0.2) is 0 Å². The third kappa shape index (κ3) is 5.62. The van der Waals surface area contributed by atoms with Crippen molar-refractivity contribution in [3.63, 3.8) is 0 Å². The van der Waals surface area contributed by atoms with Crippen LogP contribution in [0.1, 0.15) is 0 Å². The molecule has 0 bridgehead atoms. The quantitative estimate of drug-likeness (QED) is 0.150. The number of aromatic nitrogens is 1. The predicted octanol–water partition coefficient (Wildman–Crippen LogP) is 12.2. The summed E-state index contributed by atoms with van der Waals surface area (Å²) in [5, 5.41) is 5.58. The average molecular weight is 728 g/mol. The highest BCUT2D eigenvalue weighted by Gasteiger charge is 2.22. The molecule has 0 saturated carbocycles. The maximum Gasteiger partial charge on any atom is 0.0892 e. The first-order valence-corrected chi connectivity index (χ1v) is 20.9. The van der Waals surface area contributed by atoms with E-state index in [1.165, 1.54) is 105 Å². The lowest BCUT2D eigenvalue weighted by Crippen LogP contribution is -2.21. The molecule has 262 valence electrons. The van der Waals surface area contributed by atoms with E-state index >= 15 is 0 Å². The topological polar surface area (TPSA) is 4.93 Å². The molecule has 0 saturated heterocycles. The normalized spacial score (nSPS) is 12.3. The van der Waals surface area contributed by atoms with Crippen molar-refractivity contribution >= 4 is 41.7 Å². The van der Waals surface area contributed by atoms with Gasteiger partial charge in [0.2, 0.25) is 0 Å². The molecule has 1 aliphatic rings. The Labute approximate surface area is 329 Å². The molecule has 0 radical (unpaired) electrons. The summed E-state index contributed by atoms with van der Waals surface area (Å²) in [5.74, 6) is 0. The van der Waals surface area contributed by atoms with Crippen molar-refractivity contribution in [2.45, 2.75) is 0 Å². The zero-order valence-electron chi connectivity index (χ0n) is 30.9. The van der Waals surface area contributed by atoms with E-state index in [4.69, 9.17) is 0 Å². The van der Waals surface area contributed by atoms with Crippen molar-refractivity contribution in [2.75, 3.05) is 0 Å². The Morgan fingerprint density at radius 3 is 1.09 bits per heavy atom. The predicted molar refractivity (Wildman–Crippen MR) is 241 cm³/mol. The molecule has 11 rings (SSSR count). The molecular weight excluding hydrogens is 691 g/mol. The minimum Gasteiger partial charge on any atom is -0.309 e. The van der Waals surface area contributed by atoms with Crippen molar-refractivity contribution in [3.8, 4) is 72.4 Å². The Balaban J connectivity index is 1.02. The van der Waals surface area contributed by atoms with Crippen molar-refractivity contribution in [1.82, 2.24) is 4.57 Å². The number of hydrogen-bond donors (Lipinski definition) is 0. The van der Waals surface area contributed by atoms with E-state index in [0.717, 1.165) is 0 Å². The van der Waals surface area contributed by atoms with Crippen LogP contribution in [0.3, 0.4) is 0 Å². The van der Waals surface area contributed by atoms with Gasteiger partial charge < -0.3 is 4.57 Å². The van der Waals surface area contributed by atoms with Crippen LogP contribution in [0.2, 0.25) is 0 Å². The van der Waals surface area contributed by atoms with Crippen LogP contribution in [-0.2, 0) is 0 Å². The molecule has 0 fully saturated rings. The lowest BCUT2D eigenvalue weighted by Gasteiger charge is -2.11. The number of nitrogens with zero attached hydrogens (tertiary/aromatic N) is 1. The van der Waals surface area contributed by atoms with Crippen molar-refractivity contribution in [1.29, 1.82) is 0 Å². The van der Waals surface area contributed by atoms with Crippen LogP contribution in [-0.4, -0.2) is 14.1 Å². The fraction of sp³-hybridized carbons (Fsp3) is 0. The lowest BCUT2D eigenvalue weighted by molar-refractivity contribution is 1.18. The van der Waals surface area contributed by atoms with Gasteiger partial charge >= 0.3 is 0 Å². The Bertz CT molecular complexity index is 2910. The van der Waals surface area contributed by atoms with E-state index in [9.17, 15) is 0 Å². The van der Waals surface area contributed by atoms with Crippen LogP contribution in [0.4, 0.5) is 0 Å². The molecule has 1 nitrogen and oxygen atoms in total. The van der Waals surface area contributed by atoms with Gasteiger partial charge in [-0.1, -0.05) is 186 Å². The summed E-state index contributed by atoms with van der Waals surface area (Å²) in [6, 6.07) is 78.3. The Hall–Kier alpha value is -7.00. The highest BCUT2D eigenvalue weighted by Crippen LogP contribution is 2.38. The minimum absolute atomic E-state index is 0.641. The monoisotopic (exact) mass is 727 g/mol. The zero-order chi connectivity index (χ0) is 37.0. The molecule has 0 atom stereocenters. The smallest absolute Gasteiger partial charge is 0.0892 e. The van der Waals surface area contributed by atoms with Gasteiger partial charge in [-0.2, -0.15) is 0 Å². The number of hydrogen-bond acceptors (Lipinski definition) is 0. The Morgan fingerprint density at radius 1 is 0.268 bits per heavy atom. The van der Waals surface area contributed by atoms with Crippen molar-refractivity contribution < 1.29 is 0 Å².